The number of hydrogen-bond donors (Lipinski definition) is 1. The second-order valence-corrected chi connectivity index (χ2v) is 8.11. The molecule has 0 aliphatic heterocycles. The van der Waals surface area contributed by atoms with Crippen molar-refractivity contribution in [3.63, 3.8) is 0 Å². The molecule has 5 nitrogen and oxygen atoms in total. The maximum atomic E-state index is 12.7. The molecule has 1 fully saturated rings. The highest BCUT2D eigenvalue weighted by Gasteiger charge is 2.43. The molecule has 0 heterocycles. The van der Waals surface area contributed by atoms with Crippen LogP contribution in [0.3, 0.4) is 0 Å². The van der Waals surface area contributed by atoms with Crippen LogP contribution in [-0.4, -0.2) is 50.1 Å². The molecule has 3 atom stereocenters. The predicted octanol–water partition coefficient (Wildman–Crippen LogP) is 3.80. The van der Waals surface area contributed by atoms with E-state index in [1.54, 1.807) is 20.3 Å². The van der Waals surface area contributed by atoms with E-state index < -0.39 is 6.10 Å². The summed E-state index contributed by atoms with van der Waals surface area (Å²) in [6.45, 7) is 5.30. The maximum absolute atomic E-state index is 12.7. The molecule has 3 unspecified atom stereocenters. The van der Waals surface area contributed by atoms with Crippen molar-refractivity contribution in [3.05, 3.63) is 58.7 Å². The highest BCUT2D eigenvalue weighted by Crippen LogP contribution is 2.42. The Hall–Kier alpha value is -2.37. The number of carbonyl (C=O) groups is 1. The first-order valence-corrected chi connectivity index (χ1v) is 10.0. The summed E-state index contributed by atoms with van der Waals surface area (Å²) in [7, 11) is 5.26. The van der Waals surface area contributed by atoms with Crippen molar-refractivity contribution >= 4 is 5.78 Å². The lowest BCUT2D eigenvalue weighted by atomic mass is 9.99. The van der Waals surface area contributed by atoms with E-state index in [4.69, 9.17) is 9.47 Å². The fraction of sp³-hybridized carbons (Fsp3) is 0.458. The number of aryl methyl sites for hydroxylation is 2. The molecule has 0 saturated heterocycles. The summed E-state index contributed by atoms with van der Waals surface area (Å²) < 4.78 is 10.6. The molecule has 3 rings (SSSR count). The normalized spacial score (nSPS) is 19.1. The first-order valence-electron chi connectivity index (χ1n) is 10.0. The SMILES string of the molecule is COc1cccc(C(=O)C2CC2CN(C)CC(O)c2cc(C)c(OC)cc2C)c1. The summed E-state index contributed by atoms with van der Waals surface area (Å²) in [5.74, 6) is 2.13. The van der Waals surface area contributed by atoms with Crippen LogP contribution in [0, 0.1) is 25.7 Å². The first kappa shape index (κ1) is 21.3. The third-order valence-corrected chi connectivity index (χ3v) is 5.79. The van der Waals surface area contributed by atoms with Gasteiger partial charge in [0.1, 0.15) is 11.5 Å². The number of benzene rings is 2. The van der Waals surface area contributed by atoms with E-state index in [0.29, 0.717) is 23.8 Å². The molecule has 2 aromatic rings. The van der Waals surface area contributed by atoms with Gasteiger partial charge in [-0.25, -0.2) is 0 Å². The molecule has 1 N–H and O–H groups in total. The zero-order chi connectivity index (χ0) is 21.1. The van der Waals surface area contributed by atoms with Gasteiger partial charge in [0.15, 0.2) is 5.78 Å². The average Bonchev–Trinajstić information content (AvgIpc) is 3.47. The number of hydrogen-bond acceptors (Lipinski definition) is 5. The molecule has 5 heteroatoms. The van der Waals surface area contributed by atoms with Crippen molar-refractivity contribution in [2.45, 2.75) is 26.4 Å². The van der Waals surface area contributed by atoms with Gasteiger partial charge in [-0.15, -0.1) is 0 Å². The Labute approximate surface area is 173 Å². The Morgan fingerprint density at radius 3 is 2.62 bits per heavy atom. The molecule has 2 aromatic carbocycles. The van der Waals surface area contributed by atoms with Crippen molar-refractivity contribution in [3.8, 4) is 11.5 Å². The first-order chi connectivity index (χ1) is 13.8. The zero-order valence-corrected chi connectivity index (χ0v) is 17.9. The van der Waals surface area contributed by atoms with Gasteiger partial charge < -0.3 is 19.5 Å². The number of aliphatic hydroxyl groups excluding tert-OH is 1. The van der Waals surface area contributed by atoms with Crippen LogP contribution < -0.4 is 9.47 Å². The van der Waals surface area contributed by atoms with E-state index >= 15 is 0 Å². The highest BCUT2D eigenvalue weighted by molar-refractivity contribution is 6.00. The number of rotatable bonds is 9. The molecule has 0 spiro atoms. The van der Waals surface area contributed by atoms with Crippen LogP contribution in [0.5, 0.6) is 11.5 Å². The summed E-state index contributed by atoms with van der Waals surface area (Å²) in [6, 6.07) is 11.3. The largest absolute Gasteiger partial charge is 0.497 e. The third-order valence-electron chi connectivity index (χ3n) is 5.79. The van der Waals surface area contributed by atoms with E-state index in [9.17, 15) is 9.90 Å². The summed E-state index contributed by atoms with van der Waals surface area (Å²) in [6.07, 6.45) is 0.327. The number of methoxy groups -OCH3 is 2. The molecule has 1 aliphatic carbocycles. The second kappa shape index (κ2) is 8.97. The van der Waals surface area contributed by atoms with Crippen LogP contribution >= 0.6 is 0 Å². The number of carbonyl (C=O) groups excluding carboxylic acids is 1. The van der Waals surface area contributed by atoms with Crippen LogP contribution in [0.1, 0.15) is 39.6 Å². The fourth-order valence-electron chi connectivity index (χ4n) is 4.02. The molecule has 1 saturated carbocycles. The van der Waals surface area contributed by atoms with Gasteiger partial charge in [-0.1, -0.05) is 12.1 Å². The van der Waals surface area contributed by atoms with Crippen molar-refractivity contribution < 1.29 is 19.4 Å². The van der Waals surface area contributed by atoms with E-state index in [-0.39, 0.29) is 11.7 Å². The highest BCUT2D eigenvalue weighted by atomic mass is 16.5. The molecule has 29 heavy (non-hydrogen) atoms. The van der Waals surface area contributed by atoms with Crippen LogP contribution in [-0.2, 0) is 0 Å². The number of Topliss-reactive ketones (excluding diaryl/α,β-unsaturated/α-hetero) is 1. The summed E-state index contributed by atoms with van der Waals surface area (Å²) in [5, 5.41) is 10.7. The number of aliphatic hydroxyl groups is 1. The number of ketones is 1. The van der Waals surface area contributed by atoms with E-state index in [0.717, 1.165) is 35.4 Å². The molecule has 0 radical (unpaired) electrons. The van der Waals surface area contributed by atoms with Crippen molar-refractivity contribution in [2.24, 2.45) is 11.8 Å². The number of likely N-dealkylation sites (N-methyl/N-ethyl adjacent to an activating group) is 1. The Kier molecular flexibility index (Phi) is 6.60. The maximum Gasteiger partial charge on any atom is 0.166 e. The zero-order valence-electron chi connectivity index (χ0n) is 17.9. The lowest BCUT2D eigenvalue weighted by molar-refractivity contribution is 0.0951. The molecular formula is C24H31NO4. The molecule has 0 amide bonds. The predicted molar refractivity (Wildman–Crippen MR) is 114 cm³/mol. The monoisotopic (exact) mass is 397 g/mol. The van der Waals surface area contributed by atoms with E-state index in [1.807, 2.05) is 51.2 Å². The van der Waals surface area contributed by atoms with E-state index in [1.165, 1.54) is 0 Å². The molecule has 1 aliphatic rings. The molecule has 0 bridgehead atoms. The van der Waals surface area contributed by atoms with Crippen LogP contribution in [0.4, 0.5) is 0 Å². The minimum Gasteiger partial charge on any atom is -0.497 e. The lowest BCUT2D eigenvalue weighted by Gasteiger charge is -2.23. The topological polar surface area (TPSA) is 59.0 Å². The minimum atomic E-state index is -0.573. The minimum absolute atomic E-state index is 0.0617. The number of nitrogens with zero attached hydrogens (tertiary/aromatic N) is 1. The van der Waals surface area contributed by atoms with Gasteiger partial charge in [0, 0.05) is 24.6 Å². The summed E-state index contributed by atoms with van der Waals surface area (Å²) >= 11 is 0. The van der Waals surface area contributed by atoms with Gasteiger partial charge in [0.25, 0.3) is 0 Å². The Morgan fingerprint density at radius 2 is 1.93 bits per heavy atom. The standard InChI is InChI=1S/C24H31NO4/c1-15-10-23(29-5)16(2)9-20(15)22(26)14-25(3)13-18-12-21(18)24(27)17-7-6-8-19(11-17)28-4/h6-11,18,21-22,26H,12-14H2,1-5H3. The smallest absolute Gasteiger partial charge is 0.166 e. The summed E-state index contributed by atoms with van der Waals surface area (Å²) in [4.78, 5) is 14.8. The van der Waals surface area contributed by atoms with Gasteiger partial charge in [0.2, 0.25) is 0 Å². The second-order valence-electron chi connectivity index (χ2n) is 8.11. The number of ether oxygens (including phenoxy) is 2. The van der Waals surface area contributed by atoms with Gasteiger partial charge in [-0.05, 0) is 74.2 Å². The van der Waals surface area contributed by atoms with Gasteiger partial charge in [-0.3, -0.25) is 4.79 Å². The summed E-state index contributed by atoms with van der Waals surface area (Å²) in [5.41, 5.74) is 3.67. The van der Waals surface area contributed by atoms with Crippen LogP contribution in [0.25, 0.3) is 0 Å². The fourth-order valence-corrected chi connectivity index (χ4v) is 4.02. The Bertz CT molecular complexity index is 879. The third kappa shape index (κ3) is 4.98. The Morgan fingerprint density at radius 1 is 1.17 bits per heavy atom. The molecule has 0 aromatic heterocycles. The Balaban J connectivity index is 1.56. The van der Waals surface area contributed by atoms with Gasteiger partial charge in [0.05, 0.1) is 20.3 Å². The van der Waals surface area contributed by atoms with Crippen molar-refractivity contribution in [2.75, 3.05) is 34.4 Å². The lowest BCUT2D eigenvalue weighted by Crippen LogP contribution is -2.28. The van der Waals surface area contributed by atoms with Crippen molar-refractivity contribution in [1.82, 2.24) is 4.90 Å². The van der Waals surface area contributed by atoms with Crippen LogP contribution in [0.15, 0.2) is 36.4 Å². The quantitative estimate of drug-likeness (QED) is 0.652. The molecular weight excluding hydrogens is 366 g/mol. The average molecular weight is 398 g/mol. The van der Waals surface area contributed by atoms with E-state index in [2.05, 4.69) is 4.90 Å². The van der Waals surface area contributed by atoms with Crippen LogP contribution in [0.2, 0.25) is 0 Å². The van der Waals surface area contributed by atoms with Gasteiger partial charge >= 0.3 is 0 Å². The van der Waals surface area contributed by atoms with Crippen molar-refractivity contribution in [1.29, 1.82) is 0 Å². The van der Waals surface area contributed by atoms with Gasteiger partial charge in [-0.2, -0.15) is 0 Å². The molecule has 156 valence electrons.